The second kappa shape index (κ2) is 7.09. The number of aromatic nitrogens is 1. The Balaban J connectivity index is 1.63. The molecule has 2 aromatic heterocycles. The number of nitrogens with zero attached hydrogens (tertiary/aromatic N) is 3. The number of carboxylic acid groups (broad SMARTS) is 1. The largest absolute Gasteiger partial charge is 0.478 e. The number of amidine groups is 1. The standard InChI is InChI=1S/C22H13N3O4S/c26-20-17(12-15-7-4-10-29-15)23-19(13-5-2-1-3-6-13)25(20)22-24-16-9-8-14(21(27)28)11-18(16)30-22/h1-12H,(H,27,28)/b17-12-. The number of fused-ring (bicyclic) bond motifs is 1. The molecule has 146 valence electrons. The predicted octanol–water partition coefficient (Wildman–Crippen LogP) is 4.42. The summed E-state index contributed by atoms with van der Waals surface area (Å²) in [7, 11) is 0. The van der Waals surface area contributed by atoms with Crippen LogP contribution in [0, 0.1) is 0 Å². The van der Waals surface area contributed by atoms with Gasteiger partial charge in [0.15, 0.2) is 5.13 Å². The highest BCUT2D eigenvalue weighted by Gasteiger charge is 2.34. The summed E-state index contributed by atoms with van der Waals surface area (Å²) in [4.78, 5) is 35.1. The molecule has 1 aliphatic heterocycles. The highest BCUT2D eigenvalue weighted by atomic mass is 32.1. The SMILES string of the molecule is O=C(O)c1ccc2nc(N3C(=O)/C(=C/c4ccco4)N=C3c3ccccc3)sc2c1. The molecule has 0 bridgehead atoms. The summed E-state index contributed by atoms with van der Waals surface area (Å²) < 4.78 is 6.00. The maximum Gasteiger partial charge on any atom is 0.335 e. The van der Waals surface area contributed by atoms with E-state index < -0.39 is 5.97 Å². The molecule has 0 saturated heterocycles. The first-order valence-corrected chi connectivity index (χ1v) is 9.79. The number of amides is 1. The van der Waals surface area contributed by atoms with Gasteiger partial charge in [-0.05, 0) is 30.3 Å². The summed E-state index contributed by atoms with van der Waals surface area (Å²) in [6.45, 7) is 0. The molecule has 8 heteroatoms. The number of thiazole rings is 1. The lowest BCUT2D eigenvalue weighted by atomic mass is 10.2. The lowest BCUT2D eigenvalue weighted by molar-refractivity contribution is -0.113. The number of rotatable bonds is 4. The summed E-state index contributed by atoms with van der Waals surface area (Å²) in [6.07, 6.45) is 3.11. The van der Waals surface area contributed by atoms with E-state index in [0.717, 1.165) is 5.56 Å². The van der Waals surface area contributed by atoms with Crippen molar-refractivity contribution in [1.82, 2.24) is 4.98 Å². The minimum absolute atomic E-state index is 0.167. The first-order chi connectivity index (χ1) is 14.6. The van der Waals surface area contributed by atoms with Crippen LogP contribution in [0.15, 0.2) is 82.0 Å². The van der Waals surface area contributed by atoms with Gasteiger partial charge in [0, 0.05) is 11.6 Å². The molecule has 1 N–H and O–H groups in total. The smallest absolute Gasteiger partial charge is 0.335 e. The number of hydrogen-bond donors (Lipinski definition) is 1. The number of benzene rings is 2. The Morgan fingerprint density at radius 1 is 1.10 bits per heavy atom. The van der Waals surface area contributed by atoms with Gasteiger partial charge in [-0.1, -0.05) is 41.7 Å². The number of carbonyl (C=O) groups excluding carboxylic acids is 1. The third kappa shape index (κ3) is 3.09. The van der Waals surface area contributed by atoms with Gasteiger partial charge in [0.25, 0.3) is 5.91 Å². The first kappa shape index (κ1) is 18.0. The van der Waals surface area contributed by atoms with Gasteiger partial charge in [-0.25, -0.2) is 19.7 Å². The fourth-order valence-electron chi connectivity index (χ4n) is 3.12. The third-order valence-corrected chi connectivity index (χ3v) is 5.53. The number of aliphatic imine (C=N–C) groups is 1. The molecular weight excluding hydrogens is 402 g/mol. The summed E-state index contributed by atoms with van der Waals surface area (Å²) in [5.41, 5.74) is 1.78. The summed E-state index contributed by atoms with van der Waals surface area (Å²) in [6, 6.07) is 17.5. The van der Waals surface area contributed by atoms with Crippen LogP contribution in [0.25, 0.3) is 16.3 Å². The second-order valence-electron chi connectivity index (χ2n) is 6.47. The van der Waals surface area contributed by atoms with Crippen LogP contribution >= 0.6 is 11.3 Å². The molecule has 1 amide bonds. The molecule has 1 aliphatic rings. The van der Waals surface area contributed by atoms with Gasteiger partial charge >= 0.3 is 5.97 Å². The zero-order valence-electron chi connectivity index (χ0n) is 15.4. The van der Waals surface area contributed by atoms with Crippen molar-refractivity contribution in [3.05, 3.63) is 89.5 Å². The highest BCUT2D eigenvalue weighted by molar-refractivity contribution is 7.22. The zero-order valence-corrected chi connectivity index (χ0v) is 16.2. The molecule has 0 radical (unpaired) electrons. The summed E-state index contributed by atoms with van der Waals surface area (Å²) in [5.74, 6) is -0.371. The minimum Gasteiger partial charge on any atom is -0.478 e. The van der Waals surface area contributed by atoms with E-state index in [1.807, 2.05) is 30.3 Å². The quantitative estimate of drug-likeness (QED) is 0.498. The van der Waals surface area contributed by atoms with Crippen molar-refractivity contribution in [2.24, 2.45) is 4.99 Å². The van der Waals surface area contributed by atoms with Gasteiger partial charge in [0.1, 0.15) is 17.3 Å². The molecule has 3 heterocycles. The third-order valence-electron chi connectivity index (χ3n) is 4.53. The minimum atomic E-state index is -1.01. The Labute approximate surface area is 174 Å². The zero-order chi connectivity index (χ0) is 20.7. The van der Waals surface area contributed by atoms with Gasteiger partial charge in [0.05, 0.1) is 22.0 Å². The molecule has 0 aliphatic carbocycles. The molecule has 30 heavy (non-hydrogen) atoms. The Kier molecular flexibility index (Phi) is 4.26. The van der Waals surface area contributed by atoms with Crippen LogP contribution in [-0.4, -0.2) is 27.8 Å². The van der Waals surface area contributed by atoms with Crippen LogP contribution in [0.3, 0.4) is 0 Å². The molecule has 0 spiro atoms. The van der Waals surface area contributed by atoms with Crippen molar-refractivity contribution >= 4 is 50.5 Å². The number of carboxylic acids is 1. The van der Waals surface area contributed by atoms with Crippen molar-refractivity contribution in [3.8, 4) is 0 Å². The van der Waals surface area contributed by atoms with Gasteiger partial charge in [-0.3, -0.25) is 4.79 Å². The molecule has 7 nitrogen and oxygen atoms in total. The maximum atomic E-state index is 13.2. The number of aromatic carboxylic acids is 1. The number of anilines is 1. The molecular formula is C22H13N3O4S. The van der Waals surface area contributed by atoms with Crippen LogP contribution in [0.1, 0.15) is 21.7 Å². The highest BCUT2D eigenvalue weighted by Crippen LogP contribution is 2.34. The second-order valence-corrected chi connectivity index (χ2v) is 7.48. The molecule has 0 unspecified atom stereocenters. The van der Waals surface area contributed by atoms with Crippen LogP contribution in [-0.2, 0) is 4.79 Å². The molecule has 4 aromatic rings. The van der Waals surface area contributed by atoms with E-state index in [1.54, 1.807) is 30.3 Å². The van der Waals surface area contributed by atoms with E-state index in [2.05, 4.69) is 9.98 Å². The monoisotopic (exact) mass is 415 g/mol. The fraction of sp³-hybridized carbons (Fsp3) is 0. The summed E-state index contributed by atoms with van der Waals surface area (Å²) in [5, 5.41) is 9.66. The first-order valence-electron chi connectivity index (χ1n) is 8.98. The topological polar surface area (TPSA) is 96.0 Å². The van der Waals surface area contributed by atoms with E-state index in [1.165, 1.54) is 28.6 Å². The lowest BCUT2D eigenvalue weighted by Gasteiger charge is -2.14. The molecule has 2 aromatic carbocycles. The molecule has 0 atom stereocenters. The van der Waals surface area contributed by atoms with Crippen LogP contribution in [0.4, 0.5) is 5.13 Å². The fourth-order valence-corrected chi connectivity index (χ4v) is 4.13. The summed E-state index contributed by atoms with van der Waals surface area (Å²) >= 11 is 1.24. The van der Waals surface area contributed by atoms with Crippen molar-refractivity contribution in [3.63, 3.8) is 0 Å². The van der Waals surface area contributed by atoms with Gasteiger partial charge in [-0.15, -0.1) is 0 Å². The van der Waals surface area contributed by atoms with E-state index in [4.69, 9.17) is 4.42 Å². The van der Waals surface area contributed by atoms with E-state index >= 15 is 0 Å². The van der Waals surface area contributed by atoms with Crippen LogP contribution in [0.5, 0.6) is 0 Å². The van der Waals surface area contributed by atoms with Crippen molar-refractivity contribution in [2.75, 3.05) is 4.90 Å². The van der Waals surface area contributed by atoms with E-state index in [9.17, 15) is 14.7 Å². The predicted molar refractivity (Wildman–Crippen MR) is 114 cm³/mol. The van der Waals surface area contributed by atoms with E-state index in [0.29, 0.717) is 26.9 Å². The Morgan fingerprint density at radius 2 is 1.93 bits per heavy atom. The van der Waals surface area contributed by atoms with Crippen molar-refractivity contribution in [1.29, 1.82) is 0 Å². The maximum absolute atomic E-state index is 13.2. The number of carbonyl (C=O) groups is 2. The molecule has 0 saturated carbocycles. The van der Waals surface area contributed by atoms with Crippen molar-refractivity contribution in [2.45, 2.75) is 0 Å². The van der Waals surface area contributed by atoms with Gasteiger partial charge in [-0.2, -0.15) is 0 Å². The van der Waals surface area contributed by atoms with Crippen molar-refractivity contribution < 1.29 is 19.1 Å². The number of hydrogen-bond acceptors (Lipinski definition) is 6. The Bertz CT molecular complexity index is 1340. The van der Waals surface area contributed by atoms with E-state index in [-0.39, 0.29) is 17.2 Å². The Morgan fingerprint density at radius 3 is 2.67 bits per heavy atom. The molecule has 5 rings (SSSR count). The number of furan rings is 1. The lowest BCUT2D eigenvalue weighted by Crippen LogP contribution is -2.32. The normalized spacial score (nSPS) is 15.2. The average molecular weight is 415 g/mol. The van der Waals surface area contributed by atoms with Crippen LogP contribution < -0.4 is 4.90 Å². The van der Waals surface area contributed by atoms with Gasteiger partial charge < -0.3 is 9.52 Å². The Hall–Kier alpha value is -4.04. The average Bonchev–Trinajstić information content (AvgIpc) is 3.48. The van der Waals surface area contributed by atoms with Crippen LogP contribution in [0.2, 0.25) is 0 Å². The molecule has 0 fully saturated rings. The van der Waals surface area contributed by atoms with Gasteiger partial charge in [0.2, 0.25) is 0 Å².